The molecular weight excluding hydrogens is 250 g/mol. The summed E-state index contributed by atoms with van der Waals surface area (Å²) >= 11 is 6.12. The van der Waals surface area contributed by atoms with Gasteiger partial charge in [-0.15, -0.1) is 0 Å². The van der Waals surface area contributed by atoms with Gasteiger partial charge < -0.3 is 10.4 Å². The average molecular weight is 266 g/mol. The summed E-state index contributed by atoms with van der Waals surface area (Å²) in [6, 6.07) is 3.43. The molecule has 2 aromatic rings. The van der Waals surface area contributed by atoms with Gasteiger partial charge in [-0.1, -0.05) is 11.6 Å². The molecule has 1 saturated heterocycles. The van der Waals surface area contributed by atoms with Crippen molar-refractivity contribution in [2.24, 2.45) is 5.92 Å². The van der Waals surface area contributed by atoms with Gasteiger partial charge in [0, 0.05) is 6.42 Å². The minimum atomic E-state index is 0.236. The van der Waals surface area contributed by atoms with Crippen molar-refractivity contribution in [1.29, 1.82) is 0 Å². The van der Waals surface area contributed by atoms with Gasteiger partial charge in [0.1, 0.15) is 11.6 Å². The van der Waals surface area contributed by atoms with Gasteiger partial charge in [-0.25, -0.2) is 4.98 Å². The smallest absolute Gasteiger partial charge is 0.155 e. The first-order valence-electron chi connectivity index (χ1n) is 6.30. The van der Waals surface area contributed by atoms with Crippen molar-refractivity contribution in [3.05, 3.63) is 29.3 Å². The summed E-state index contributed by atoms with van der Waals surface area (Å²) in [5, 5.41) is 13.5. The van der Waals surface area contributed by atoms with E-state index in [2.05, 4.69) is 10.3 Å². The zero-order valence-corrected chi connectivity index (χ0v) is 10.8. The second-order valence-corrected chi connectivity index (χ2v) is 5.24. The summed E-state index contributed by atoms with van der Waals surface area (Å²) in [6.45, 7) is 2.14. The molecule has 2 aromatic heterocycles. The summed E-state index contributed by atoms with van der Waals surface area (Å²) in [5.74, 6) is 1.77. The average Bonchev–Trinajstić information content (AvgIpc) is 2.67. The molecule has 0 radical (unpaired) electrons. The number of hydrogen-bond donors (Lipinski definition) is 2. The molecule has 96 valence electrons. The molecule has 0 aliphatic carbocycles. The van der Waals surface area contributed by atoms with Crippen LogP contribution in [0.4, 0.5) is 0 Å². The van der Waals surface area contributed by atoms with E-state index in [1.807, 2.05) is 4.40 Å². The minimum Gasteiger partial charge on any atom is -0.506 e. The fourth-order valence-electron chi connectivity index (χ4n) is 2.60. The topological polar surface area (TPSA) is 49.6 Å². The van der Waals surface area contributed by atoms with Crippen LogP contribution in [0.25, 0.3) is 5.52 Å². The first kappa shape index (κ1) is 11.8. The first-order chi connectivity index (χ1) is 8.74. The van der Waals surface area contributed by atoms with Crippen LogP contribution in [-0.2, 0) is 6.42 Å². The largest absolute Gasteiger partial charge is 0.506 e. The highest BCUT2D eigenvalue weighted by molar-refractivity contribution is 6.32. The van der Waals surface area contributed by atoms with E-state index in [4.69, 9.17) is 11.6 Å². The Morgan fingerprint density at radius 1 is 1.50 bits per heavy atom. The van der Waals surface area contributed by atoms with E-state index in [0.717, 1.165) is 30.9 Å². The predicted molar refractivity (Wildman–Crippen MR) is 71.2 cm³/mol. The molecule has 1 atom stereocenters. The van der Waals surface area contributed by atoms with E-state index in [0.29, 0.717) is 11.1 Å². The zero-order chi connectivity index (χ0) is 12.5. The van der Waals surface area contributed by atoms with Gasteiger partial charge in [0.2, 0.25) is 0 Å². The van der Waals surface area contributed by atoms with Gasteiger partial charge in [-0.2, -0.15) is 0 Å². The monoisotopic (exact) mass is 265 g/mol. The Labute approximate surface area is 111 Å². The lowest BCUT2D eigenvalue weighted by atomic mass is 9.96. The van der Waals surface area contributed by atoms with Crippen LogP contribution in [0.1, 0.15) is 18.7 Å². The van der Waals surface area contributed by atoms with Gasteiger partial charge in [0.25, 0.3) is 0 Å². The number of halogens is 1. The molecule has 0 spiro atoms. The Morgan fingerprint density at radius 3 is 3.17 bits per heavy atom. The van der Waals surface area contributed by atoms with Crippen LogP contribution in [-0.4, -0.2) is 27.6 Å². The lowest BCUT2D eigenvalue weighted by molar-refractivity contribution is 0.370. The number of hydrogen-bond acceptors (Lipinski definition) is 3. The summed E-state index contributed by atoms with van der Waals surface area (Å²) in [6.07, 6.45) is 5.01. The second-order valence-electron chi connectivity index (χ2n) is 4.88. The minimum absolute atomic E-state index is 0.236. The molecule has 0 saturated carbocycles. The highest BCUT2D eigenvalue weighted by atomic mass is 35.5. The standard InChI is InChI=1S/C13H16ClN3O/c14-13-11-4-3-10(18)8-17(11)12(16-13)6-9-2-1-5-15-7-9/h3-4,8-9,15,18H,1-2,5-7H2. The Balaban J connectivity index is 1.93. The van der Waals surface area contributed by atoms with Gasteiger partial charge in [0.15, 0.2) is 5.15 Å². The molecule has 0 bridgehead atoms. The van der Waals surface area contributed by atoms with E-state index in [9.17, 15) is 5.11 Å². The normalized spacial score (nSPS) is 20.4. The number of pyridine rings is 1. The summed E-state index contributed by atoms with van der Waals surface area (Å²) in [5.41, 5.74) is 0.855. The molecule has 0 amide bonds. The number of aromatic nitrogens is 2. The van der Waals surface area contributed by atoms with E-state index >= 15 is 0 Å². The van der Waals surface area contributed by atoms with Crippen molar-refractivity contribution in [1.82, 2.24) is 14.7 Å². The molecule has 3 rings (SSSR count). The number of nitrogens with zero attached hydrogens (tertiary/aromatic N) is 2. The molecule has 1 aliphatic heterocycles. The summed E-state index contributed by atoms with van der Waals surface area (Å²) < 4.78 is 1.90. The predicted octanol–water partition coefficient (Wildman–Crippen LogP) is 2.24. The molecular formula is C13H16ClN3O. The number of aromatic hydroxyl groups is 1. The molecule has 2 N–H and O–H groups in total. The number of rotatable bonds is 2. The molecule has 5 heteroatoms. The fraction of sp³-hybridized carbons (Fsp3) is 0.462. The maximum atomic E-state index is 9.57. The van der Waals surface area contributed by atoms with Crippen LogP contribution in [0, 0.1) is 5.92 Å². The highest BCUT2D eigenvalue weighted by Gasteiger charge is 2.17. The van der Waals surface area contributed by atoms with Gasteiger partial charge in [-0.05, 0) is 44.0 Å². The fourth-order valence-corrected chi connectivity index (χ4v) is 2.85. The third kappa shape index (κ3) is 2.18. The third-order valence-electron chi connectivity index (χ3n) is 3.52. The molecule has 3 heterocycles. The third-order valence-corrected chi connectivity index (χ3v) is 3.80. The summed E-state index contributed by atoms with van der Waals surface area (Å²) in [4.78, 5) is 4.41. The van der Waals surface area contributed by atoms with Crippen LogP contribution < -0.4 is 5.32 Å². The van der Waals surface area contributed by atoms with Crippen molar-refractivity contribution >= 4 is 17.1 Å². The lowest BCUT2D eigenvalue weighted by Crippen LogP contribution is -2.31. The molecule has 18 heavy (non-hydrogen) atoms. The molecule has 0 aromatic carbocycles. The Morgan fingerprint density at radius 2 is 2.39 bits per heavy atom. The van der Waals surface area contributed by atoms with Crippen LogP contribution in [0.3, 0.4) is 0 Å². The molecule has 1 aliphatic rings. The van der Waals surface area contributed by atoms with Crippen molar-refractivity contribution in [2.45, 2.75) is 19.3 Å². The van der Waals surface area contributed by atoms with Crippen LogP contribution in [0.2, 0.25) is 5.15 Å². The first-order valence-corrected chi connectivity index (χ1v) is 6.68. The van der Waals surface area contributed by atoms with Crippen LogP contribution in [0.15, 0.2) is 18.3 Å². The molecule has 4 nitrogen and oxygen atoms in total. The summed E-state index contributed by atoms with van der Waals surface area (Å²) in [7, 11) is 0. The number of piperidine rings is 1. The maximum absolute atomic E-state index is 9.57. The van der Waals surface area contributed by atoms with Crippen LogP contribution >= 0.6 is 11.6 Å². The van der Waals surface area contributed by atoms with Gasteiger partial charge in [-0.3, -0.25) is 4.40 Å². The Kier molecular flexibility index (Phi) is 3.14. The van der Waals surface area contributed by atoms with Gasteiger partial charge in [0.05, 0.1) is 11.7 Å². The second kappa shape index (κ2) is 4.78. The Hall–Kier alpha value is -1.26. The van der Waals surface area contributed by atoms with Crippen LogP contribution in [0.5, 0.6) is 5.75 Å². The van der Waals surface area contributed by atoms with Crippen molar-refractivity contribution < 1.29 is 5.11 Å². The SMILES string of the molecule is Oc1ccc2c(Cl)nc(CC3CCCNC3)n2c1. The lowest BCUT2D eigenvalue weighted by Gasteiger charge is -2.21. The van der Waals surface area contributed by atoms with E-state index < -0.39 is 0 Å². The Bertz CT molecular complexity index is 561. The van der Waals surface area contributed by atoms with Crippen molar-refractivity contribution in [3.63, 3.8) is 0 Å². The molecule has 1 fully saturated rings. The number of fused-ring (bicyclic) bond motifs is 1. The quantitative estimate of drug-likeness (QED) is 0.876. The highest BCUT2D eigenvalue weighted by Crippen LogP contribution is 2.24. The number of nitrogens with one attached hydrogen (secondary N) is 1. The van der Waals surface area contributed by atoms with E-state index in [1.165, 1.54) is 12.8 Å². The zero-order valence-electron chi connectivity index (χ0n) is 10.1. The maximum Gasteiger partial charge on any atom is 0.155 e. The molecule has 1 unspecified atom stereocenters. The number of imidazole rings is 1. The van der Waals surface area contributed by atoms with E-state index in [-0.39, 0.29) is 5.75 Å². The van der Waals surface area contributed by atoms with Crippen molar-refractivity contribution in [3.8, 4) is 5.75 Å². The van der Waals surface area contributed by atoms with E-state index in [1.54, 1.807) is 18.3 Å². The van der Waals surface area contributed by atoms with Crippen molar-refractivity contribution in [2.75, 3.05) is 13.1 Å². The van der Waals surface area contributed by atoms with Gasteiger partial charge >= 0.3 is 0 Å².